The summed E-state index contributed by atoms with van der Waals surface area (Å²) in [5, 5.41) is 1.53. The maximum absolute atomic E-state index is 12.0. The molecule has 4 aromatic heterocycles. The van der Waals surface area contributed by atoms with Crippen LogP contribution >= 0.6 is 0 Å². The van der Waals surface area contributed by atoms with Crippen LogP contribution in [0.1, 0.15) is 149 Å². The van der Waals surface area contributed by atoms with Crippen LogP contribution in [0.25, 0.3) is 117 Å². The van der Waals surface area contributed by atoms with Crippen LogP contribution in [-0.2, 0) is 16.2 Å². The summed E-state index contributed by atoms with van der Waals surface area (Å²) in [4.78, 5) is 4.11. The van der Waals surface area contributed by atoms with Gasteiger partial charge < -0.3 is 0 Å². The van der Waals surface area contributed by atoms with Gasteiger partial charge in [-0.2, -0.15) is 0 Å². The summed E-state index contributed by atoms with van der Waals surface area (Å²) in [7, 11) is 0. The third kappa shape index (κ3) is 10.5. The summed E-state index contributed by atoms with van der Waals surface area (Å²) in [6.07, 6.45) is 0. The molecule has 0 atom stereocenters. The third-order valence-corrected chi connectivity index (χ3v) is 25.5. The maximum atomic E-state index is 12.0. The molecule has 2 aliphatic rings. The molecule has 0 fully saturated rings. The molecule has 6 heteroatoms. The van der Waals surface area contributed by atoms with Crippen molar-refractivity contribution in [3.05, 3.63) is 322 Å². The van der Waals surface area contributed by atoms with Gasteiger partial charge in [0.2, 0.25) is 0 Å². The van der Waals surface area contributed by atoms with Gasteiger partial charge in [0.25, 0.3) is 0 Å². The molecule has 0 spiro atoms. The van der Waals surface area contributed by atoms with E-state index in [2.05, 4.69) is 109 Å². The Balaban J connectivity index is 1.09. The fraction of sp³-hybridized carbons (Fsp3) is 0.172. The molecular weight excluding hydrogens is 1400 g/mol. The summed E-state index contributed by atoms with van der Waals surface area (Å²) in [5.41, 5.74) is 9.69. The second kappa shape index (κ2) is 24.1. The summed E-state index contributed by atoms with van der Waals surface area (Å²) in [6, 6.07) is 47.9. The summed E-state index contributed by atoms with van der Waals surface area (Å²) in [6.45, 7) is 25.7. The van der Waals surface area contributed by atoms with Crippen molar-refractivity contribution >= 4 is 124 Å². The third-order valence-electron chi connectivity index (χ3n) is 20.9. The normalized spacial score (nSPS) is 15.7. The van der Waals surface area contributed by atoms with Gasteiger partial charge in [0, 0.05) is 0 Å². The quantitative estimate of drug-likeness (QED) is 0.141. The Bertz CT molecular complexity index is 7020. The average molecular weight is 1510 g/mol. The molecule has 512 valence electrons. The molecule has 13 aromatic carbocycles. The topological polar surface area (TPSA) is 16.3 Å². The molecule has 19 rings (SSSR count). The number of nitrogens with zero attached hydrogens (tertiary/aromatic N) is 4. The van der Waals surface area contributed by atoms with Crippen LogP contribution in [0.4, 0.5) is 34.1 Å². The van der Waals surface area contributed by atoms with Gasteiger partial charge in [0.05, 0.1) is 0 Å². The first kappa shape index (κ1) is 48.6. The van der Waals surface area contributed by atoms with E-state index in [1.54, 1.807) is 36.8 Å². The number of aromatic nitrogens is 2. The zero-order valence-corrected chi connectivity index (χ0v) is 64.1. The molecule has 105 heavy (non-hydrogen) atoms. The number of hydrogen-bond donors (Lipinski definition) is 0. The minimum atomic E-state index is -1.47. The molecule has 4 nitrogen and oxygen atoms in total. The van der Waals surface area contributed by atoms with Crippen LogP contribution in [0, 0.1) is 27.7 Å². The van der Waals surface area contributed by atoms with Crippen LogP contribution in [0.15, 0.2) is 266 Å². The van der Waals surface area contributed by atoms with Gasteiger partial charge in [-0.05, 0) is 0 Å². The van der Waals surface area contributed by atoms with Crippen molar-refractivity contribution in [1.82, 2.24) is 9.13 Å². The molecule has 2 aliphatic heterocycles. The Morgan fingerprint density at radius 2 is 0.648 bits per heavy atom. The Kier molecular flexibility index (Phi) is 11.1. The molecule has 0 radical (unpaired) electrons. The molecule has 17 aromatic rings. The van der Waals surface area contributed by atoms with E-state index in [0.717, 1.165) is 38.9 Å². The molecule has 0 saturated heterocycles. The van der Waals surface area contributed by atoms with Crippen LogP contribution in [0.5, 0.6) is 0 Å². The van der Waals surface area contributed by atoms with Crippen LogP contribution in [-0.4, -0.2) is 38.1 Å². The Hall–Kier alpha value is -10.4. The van der Waals surface area contributed by atoms with Crippen molar-refractivity contribution < 1.29 is 24.7 Å². The van der Waals surface area contributed by atoms with Gasteiger partial charge in [0.15, 0.2) is 0 Å². The molecular formula is C99H84N4Se2. The zero-order chi connectivity index (χ0) is 87.5. The minimum absolute atomic E-state index is 0.0152. The van der Waals surface area contributed by atoms with E-state index in [-0.39, 0.29) is 173 Å². The summed E-state index contributed by atoms with van der Waals surface area (Å²) in [5.74, 6) is -1.47. The Morgan fingerprint density at radius 3 is 0.981 bits per heavy atom. The van der Waals surface area contributed by atoms with Gasteiger partial charge >= 0.3 is 658 Å². The van der Waals surface area contributed by atoms with Crippen LogP contribution in [0.3, 0.4) is 0 Å². The fourth-order valence-electron chi connectivity index (χ4n) is 15.7. The van der Waals surface area contributed by atoms with Crippen molar-refractivity contribution in [2.45, 2.75) is 112 Å². The van der Waals surface area contributed by atoms with Gasteiger partial charge in [0.1, 0.15) is 0 Å². The second-order valence-corrected chi connectivity index (χ2v) is 35.3. The van der Waals surface area contributed by atoms with Gasteiger partial charge in [-0.1, -0.05) is 0 Å². The van der Waals surface area contributed by atoms with Crippen molar-refractivity contribution in [3.8, 4) is 55.9 Å². The first-order valence-electron chi connectivity index (χ1n) is 44.7. The van der Waals surface area contributed by atoms with E-state index in [1.807, 2.05) is 121 Å². The molecule has 6 heterocycles. The van der Waals surface area contributed by atoms with Crippen molar-refractivity contribution in [2.75, 3.05) is 9.80 Å². The Labute approximate surface area is 653 Å². The summed E-state index contributed by atoms with van der Waals surface area (Å²) < 4.78 is 192. The number of hydrogen-bond acceptors (Lipinski definition) is 2. The first-order chi connectivity index (χ1) is 58.2. The number of anilines is 6. The van der Waals surface area contributed by atoms with E-state index in [1.165, 1.54) is 0 Å². The number of fused-ring (bicyclic) bond motifs is 14. The number of rotatable bonds is 8. The van der Waals surface area contributed by atoms with Crippen LogP contribution < -0.4 is 9.80 Å². The van der Waals surface area contributed by atoms with Crippen molar-refractivity contribution in [3.63, 3.8) is 0 Å². The van der Waals surface area contributed by atoms with Crippen molar-refractivity contribution in [1.29, 1.82) is 0 Å². The Morgan fingerprint density at radius 1 is 0.333 bits per heavy atom. The monoisotopic (exact) mass is 1510 g/mol. The SMILES string of the molecule is [2H]c1c([2H])c(-n2c3[se]c4c([2H])c([2H])c(C)c([2H])c4c3c3c([2H])c(C)c([2H])c([2H])c32)c([2H])c2c1C1c3c(cc(C(C)(C)C)cc3N(c3c(-c4ccccc4)cc(C(C)(C)C)cc3-c3ccccc3)c3c([2H])c(-n4c5[se]c6c([2H])c([2H])c(C)c([2H])c6c5c5c([2H])c(C)c([2H])c([2H])c54)c([2H])c([2H])c31)N2c1c(-c2ccccc2)cc(C(C)(C)C)cc1-c1ccccc1. The fourth-order valence-corrected chi connectivity index (χ4v) is 20.4. The standard InChI is InChI=1S/C99H84N4Se2/c1-58-34-42-81-77(46-58)90-79-48-60(3)36-44-87(79)104-95(90)100(81)69-38-40-71-83(56-69)102(93-73(62-26-18-14-19-27-62)50-66(97(5,6)7)51-74(93)63-28-20-15-21-29-63)85-54-68(99(11,12)13)55-86-92(85)89(71)72-41-39-70(101-82-43-35-59(2)47-78(82)91-80-49-61(4)37-45-88(80)105-96(91)101)57-84(72)103(86)94-75(64-30-22-16-23-31-64)52-67(98(8,9)10)53-76(94)65-32-24-17-25-33-65/h14-57,89H,1-13H3/i34D,35D,36D,37D,38D,39D,40D,41D,42D,43D,44D,45D,46D,47D,48D,49D,56D,57D. The second-order valence-electron chi connectivity index (χ2n) is 31.1. The first-order valence-corrected chi connectivity index (χ1v) is 39.1. The molecule has 0 bridgehead atoms. The van der Waals surface area contributed by atoms with Gasteiger partial charge in [-0.25, -0.2) is 0 Å². The van der Waals surface area contributed by atoms with Crippen LogP contribution in [0.2, 0.25) is 0 Å². The van der Waals surface area contributed by atoms with Gasteiger partial charge in [-0.15, -0.1) is 0 Å². The number of benzene rings is 13. The van der Waals surface area contributed by atoms with E-state index < -0.39 is 75.3 Å². The zero-order valence-electron chi connectivity index (χ0n) is 78.7. The van der Waals surface area contributed by atoms with Gasteiger partial charge in [-0.3, -0.25) is 0 Å². The predicted molar refractivity (Wildman–Crippen MR) is 451 cm³/mol. The van der Waals surface area contributed by atoms with Crippen molar-refractivity contribution in [2.24, 2.45) is 0 Å². The predicted octanol–water partition coefficient (Wildman–Crippen LogP) is 26.8. The summed E-state index contributed by atoms with van der Waals surface area (Å²) >= 11 is -2.09. The van der Waals surface area contributed by atoms with E-state index in [9.17, 15) is 24.7 Å². The van der Waals surface area contributed by atoms with E-state index >= 15 is 0 Å². The average Bonchev–Trinajstić information content (AvgIpc) is 1.66. The van der Waals surface area contributed by atoms with E-state index in [0.29, 0.717) is 78.6 Å². The molecule has 0 saturated carbocycles. The molecule has 0 amide bonds. The molecule has 0 aliphatic carbocycles. The molecule has 0 N–H and O–H groups in total. The van der Waals surface area contributed by atoms with E-state index in [4.69, 9.17) is 0 Å². The molecule has 0 unspecified atom stereocenters.